The van der Waals surface area contributed by atoms with Crippen molar-refractivity contribution in [3.63, 3.8) is 0 Å². The monoisotopic (exact) mass is 348 g/mol. The fourth-order valence-electron chi connectivity index (χ4n) is 2.75. The van der Waals surface area contributed by atoms with E-state index < -0.39 is 10.0 Å². The molecule has 0 radical (unpaired) electrons. The van der Waals surface area contributed by atoms with Crippen LogP contribution in [0.4, 0.5) is 5.13 Å². The largest absolute Gasteiger partial charge is 0.263 e. The molecule has 1 N–H and O–H groups in total. The van der Waals surface area contributed by atoms with Crippen LogP contribution >= 0.6 is 11.3 Å². The molecule has 0 atom stereocenters. The van der Waals surface area contributed by atoms with Gasteiger partial charge in [-0.3, -0.25) is 4.72 Å². The fourth-order valence-corrected chi connectivity index (χ4v) is 4.88. The Kier molecular flexibility index (Phi) is 4.59. The van der Waals surface area contributed by atoms with Crippen molar-refractivity contribution in [3.05, 3.63) is 34.8 Å². The molecule has 0 spiro atoms. The van der Waals surface area contributed by atoms with Crippen molar-refractivity contribution in [1.29, 1.82) is 5.26 Å². The van der Waals surface area contributed by atoms with E-state index in [-0.39, 0.29) is 10.0 Å². The summed E-state index contributed by atoms with van der Waals surface area (Å²) in [6.07, 6.45) is 5.81. The van der Waals surface area contributed by atoms with Crippen LogP contribution in [0.2, 0.25) is 0 Å². The van der Waals surface area contributed by atoms with Crippen molar-refractivity contribution < 1.29 is 8.42 Å². The minimum atomic E-state index is -3.75. The Bertz CT molecular complexity index is 833. The van der Waals surface area contributed by atoms with Crippen LogP contribution in [0.3, 0.4) is 0 Å². The summed E-state index contributed by atoms with van der Waals surface area (Å²) in [4.78, 5) is 0.0455. The topological polar surface area (TPSA) is 95.7 Å². The molecular weight excluding hydrogens is 332 g/mol. The van der Waals surface area contributed by atoms with E-state index in [4.69, 9.17) is 5.26 Å². The minimum Gasteiger partial charge on any atom is -0.253 e. The molecule has 0 saturated heterocycles. The maximum Gasteiger partial charge on any atom is 0.263 e. The first kappa shape index (κ1) is 15.9. The van der Waals surface area contributed by atoms with E-state index in [1.807, 2.05) is 6.07 Å². The van der Waals surface area contributed by atoms with Gasteiger partial charge < -0.3 is 0 Å². The highest BCUT2D eigenvalue weighted by Crippen LogP contribution is 2.30. The Labute approximate surface area is 139 Å². The lowest BCUT2D eigenvalue weighted by atomic mass is 10.1. The van der Waals surface area contributed by atoms with Crippen molar-refractivity contribution >= 4 is 26.5 Å². The van der Waals surface area contributed by atoms with E-state index in [1.54, 1.807) is 12.1 Å². The van der Waals surface area contributed by atoms with Crippen LogP contribution in [0.5, 0.6) is 0 Å². The summed E-state index contributed by atoms with van der Waals surface area (Å²) in [6.45, 7) is 0. The Hall–Kier alpha value is -1.98. The number of hydrogen-bond acceptors (Lipinski definition) is 6. The maximum absolute atomic E-state index is 12.3. The van der Waals surface area contributed by atoms with Crippen LogP contribution in [0.1, 0.15) is 36.3 Å². The number of nitrogens with zero attached hydrogens (tertiary/aromatic N) is 3. The fraction of sp³-hybridized carbons (Fsp3) is 0.400. The second-order valence-electron chi connectivity index (χ2n) is 5.60. The summed E-state index contributed by atoms with van der Waals surface area (Å²) in [6, 6.07) is 7.81. The summed E-state index contributed by atoms with van der Waals surface area (Å²) in [7, 11) is -3.75. The van der Waals surface area contributed by atoms with Gasteiger partial charge in [-0.2, -0.15) is 5.26 Å². The van der Waals surface area contributed by atoms with E-state index in [1.165, 1.54) is 49.2 Å². The Morgan fingerprint density at radius 1 is 1.30 bits per heavy atom. The summed E-state index contributed by atoms with van der Waals surface area (Å²) < 4.78 is 27.1. The van der Waals surface area contributed by atoms with Crippen molar-refractivity contribution in [2.75, 3.05) is 4.72 Å². The van der Waals surface area contributed by atoms with Gasteiger partial charge in [0.25, 0.3) is 10.0 Å². The van der Waals surface area contributed by atoms with Crippen LogP contribution in [-0.2, 0) is 16.4 Å². The molecule has 1 heterocycles. The molecule has 0 bridgehead atoms. The molecule has 3 rings (SSSR count). The molecule has 23 heavy (non-hydrogen) atoms. The summed E-state index contributed by atoms with van der Waals surface area (Å²) in [5.41, 5.74) is 0.298. The molecule has 1 aromatic heterocycles. The Balaban J connectivity index is 1.73. The molecule has 1 aromatic carbocycles. The molecule has 2 aromatic rings. The molecule has 1 aliphatic rings. The zero-order valence-corrected chi connectivity index (χ0v) is 14.0. The van der Waals surface area contributed by atoms with E-state index in [2.05, 4.69) is 14.9 Å². The predicted octanol–water partition coefficient (Wildman–Crippen LogP) is 2.94. The van der Waals surface area contributed by atoms with Crippen molar-refractivity contribution in [2.45, 2.75) is 37.0 Å². The number of nitrogens with one attached hydrogen (secondary N) is 1. The third-order valence-electron chi connectivity index (χ3n) is 3.90. The van der Waals surface area contributed by atoms with E-state index >= 15 is 0 Å². The van der Waals surface area contributed by atoms with Crippen molar-refractivity contribution in [1.82, 2.24) is 10.2 Å². The molecule has 1 fully saturated rings. The summed E-state index contributed by atoms with van der Waals surface area (Å²) in [5.74, 6) is 0.639. The van der Waals surface area contributed by atoms with Gasteiger partial charge in [0.15, 0.2) is 0 Å². The third kappa shape index (κ3) is 3.86. The molecule has 1 saturated carbocycles. The highest BCUT2D eigenvalue weighted by atomic mass is 32.2. The van der Waals surface area contributed by atoms with Gasteiger partial charge in [-0.15, -0.1) is 10.2 Å². The first-order valence-electron chi connectivity index (χ1n) is 7.42. The van der Waals surface area contributed by atoms with Crippen molar-refractivity contribution in [3.8, 4) is 6.07 Å². The normalized spacial score (nSPS) is 15.4. The maximum atomic E-state index is 12.3. The third-order valence-corrected chi connectivity index (χ3v) is 6.23. The van der Waals surface area contributed by atoms with Crippen LogP contribution in [-0.4, -0.2) is 18.6 Å². The molecule has 0 amide bonds. The number of hydrogen-bond donors (Lipinski definition) is 1. The standard InChI is InChI=1S/C15H16N4O2S2/c16-10-12-6-3-7-13(8-12)23(20,21)19-15-18-17-14(22-15)9-11-4-1-2-5-11/h3,6-8,11H,1-2,4-5,9H2,(H,18,19). The average Bonchev–Trinajstić information content (AvgIpc) is 3.20. The average molecular weight is 348 g/mol. The Morgan fingerprint density at radius 3 is 2.83 bits per heavy atom. The second-order valence-corrected chi connectivity index (χ2v) is 8.35. The molecule has 120 valence electrons. The van der Waals surface area contributed by atoms with Crippen LogP contribution < -0.4 is 4.72 Å². The number of aromatic nitrogens is 2. The lowest BCUT2D eigenvalue weighted by Gasteiger charge is -2.05. The van der Waals surface area contributed by atoms with Gasteiger partial charge >= 0.3 is 0 Å². The van der Waals surface area contributed by atoms with Gasteiger partial charge in [0.1, 0.15) is 5.01 Å². The van der Waals surface area contributed by atoms with E-state index in [9.17, 15) is 8.42 Å². The zero-order chi connectivity index (χ0) is 16.3. The van der Waals surface area contributed by atoms with Gasteiger partial charge in [0, 0.05) is 6.42 Å². The Morgan fingerprint density at radius 2 is 2.09 bits per heavy atom. The molecular formula is C15H16N4O2S2. The summed E-state index contributed by atoms with van der Waals surface area (Å²) in [5, 5.41) is 18.0. The second kappa shape index (κ2) is 6.64. The number of benzene rings is 1. The van der Waals surface area contributed by atoms with Crippen LogP contribution in [0, 0.1) is 17.2 Å². The quantitative estimate of drug-likeness (QED) is 0.896. The lowest BCUT2D eigenvalue weighted by molar-refractivity contribution is 0.542. The number of anilines is 1. The van der Waals surface area contributed by atoms with Crippen molar-refractivity contribution in [2.24, 2.45) is 5.92 Å². The predicted molar refractivity (Wildman–Crippen MR) is 87.5 cm³/mol. The van der Waals surface area contributed by atoms with E-state index in [0.717, 1.165) is 11.4 Å². The lowest BCUT2D eigenvalue weighted by Crippen LogP contribution is -2.12. The van der Waals surface area contributed by atoms with Gasteiger partial charge in [-0.25, -0.2) is 8.42 Å². The first-order chi connectivity index (χ1) is 11.1. The highest BCUT2D eigenvalue weighted by molar-refractivity contribution is 7.93. The SMILES string of the molecule is N#Cc1cccc(S(=O)(=O)Nc2nnc(CC3CCCC3)s2)c1. The van der Waals surface area contributed by atoms with Gasteiger partial charge in [0.2, 0.25) is 5.13 Å². The van der Waals surface area contributed by atoms with Crippen LogP contribution in [0.15, 0.2) is 29.2 Å². The number of sulfonamides is 1. The molecule has 0 unspecified atom stereocenters. The van der Waals surface area contributed by atoms with Gasteiger partial charge in [0.05, 0.1) is 16.5 Å². The first-order valence-corrected chi connectivity index (χ1v) is 9.72. The van der Waals surface area contributed by atoms with Gasteiger partial charge in [-0.1, -0.05) is 43.1 Å². The van der Waals surface area contributed by atoms with E-state index in [0.29, 0.717) is 11.5 Å². The minimum absolute atomic E-state index is 0.0455. The zero-order valence-electron chi connectivity index (χ0n) is 12.4. The highest BCUT2D eigenvalue weighted by Gasteiger charge is 2.20. The van der Waals surface area contributed by atoms with Gasteiger partial charge in [-0.05, 0) is 24.1 Å². The number of nitriles is 1. The molecule has 1 aliphatic carbocycles. The summed E-state index contributed by atoms with van der Waals surface area (Å²) >= 11 is 1.27. The molecule has 0 aliphatic heterocycles. The van der Waals surface area contributed by atoms with Crippen LogP contribution in [0.25, 0.3) is 0 Å². The molecule has 6 nitrogen and oxygen atoms in total. The smallest absolute Gasteiger partial charge is 0.253 e. The molecule has 8 heteroatoms. The number of rotatable bonds is 5.